The number of hydrogen-bond acceptors (Lipinski definition) is 10. The first-order valence-corrected chi connectivity index (χ1v) is 10.9. The van der Waals surface area contributed by atoms with Gasteiger partial charge in [0.05, 0.1) is 11.2 Å². The molecule has 0 radical (unpaired) electrons. The molecule has 0 bridgehead atoms. The molecule has 6 N–H and O–H groups in total. The predicted molar refractivity (Wildman–Crippen MR) is 131 cm³/mol. The van der Waals surface area contributed by atoms with Gasteiger partial charge in [-0.3, -0.25) is 9.88 Å². The zero-order chi connectivity index (χ0) is 24.8. The van der Waals surface area contributed by atoms with Crippen molar-refractivity contribution in [2.45, 2.75) is 32.4 Å². The molecule has 0 saturated carbocycles. The lowest BCUT2D eigenvalue weighted by Crippen LogP contribution is -2.32. The summed E-state index contributed by atoms with van der Waals surface area (Å²) >= 11 is 3.55. The van der Waals surface area contributed by atoms with Crippen molar-refractivity contribution in [1.82, 2.24) is 14.9 Å². The topological polar surface area (TPSA) is 180 Å². The normalized spacial score (nSPS) is 14.9. The van der Waals surface area contributed by atoms with Crippen molar-refractivity contribution in [3.63, 3.8) is 0 Å². The fourth-order valence-corrected chi connectivity index (χ4v) is 4.40. The number of nitrogens with zero attached hydrogens (tertiary/aromatic N) is 5. The molecule has 1 aliphatic heterocycles. The molecule has 2 aromatic heterocycles. The van der Waals surface area contributed by atoms with Crippen molar-refractivity contribution >= 4 is 56.2 Å². The minimum atomic E-state index is -0.762. The van der Waals surface area contributed by atoms with E-state index in [1.54, 1.807) is 39.1 Å². The van der Waals surface area contributed by atoms with E-state index in [1.165, 1.54) is 4.57 Å². The lowest BCUT2D eigenvalue weighted by atomic mass is 9.93. The number of carbonyl (C=O) groups excluding carboxylic acids is 1. The summed E-state index contributed by atoms with van der Waals surface area (Å²) in [6, 6.07) is 6.59. The number of benzene rings is 1. The van der Waals surface area contributed by atoms with Crippen LogP contribution in [0.2, 0.25) is 0 Å². The second kappa shape index (κ2) is 8.24. The van der Waals surface area contributed by atoms with E-state index in [-0.39, 0.29) is 28.8 Å². The molecule has 0 fully saturated rings. The lowest BCUT2D eigenvalue weighted by Gasteiger charge is -2.26. The highest BCUT2D eigenvalue weighted by atomic mass is 79.9. The minimum Gasteiger partial charge on any atom is -0.443 e. The number of carbonyl (C=O) groups is 1. The van der Waals surface area contributed by atoms with Crippen LogP contribution in [0.3, 0.4) is 0 Å². The summed E-state index contributed by atoms with van der Waals surface area (Å²) in [5.41, 5.74) is 13.4. The van der Waals surface area contributed by atoms with Crippen molar-refractivity contribution < 1.29 is 9.53 Å². The number of aliphatic imine (C=N–C) groups is 1. The van der Waals surface area contributed by atoms with Crippen molar-refractivity contribution in [3.05, 3.63) is 45.6 Å². The van der Waals surface area contributed by atoms with Crippen LogP contribution in [0.1, 0.15) is 43.5 Å². The Hall–Kier alpha value is -4.29. The van der Waals surface area contributed by atoms with Gasteiger partial charge in [-0.15, -0.1) is 0 Å². The van der Waals surface area contributed by atoms with E-state index in [2.05, 4.69) is 36.5 Å². The van der Waals surface area contributed by atoms with Crippen LogP contribution < -0.4 is 22.1 Å². The summed E-state index contributed by atoms with van der Waals surface area (Å²) in [7, 11) is 0. The molecule has 12 heteroatoms. The molecule has 4 rings (SSSR count). The van der Waals surface area contributed by atoms with Crippen molar-refractivity contribution in [2.24, 2.45) is 4.99 Å². The highest BCUT2D eigenvalue weighted by Gasteiger charge is 2.32. The first kappa shape index (κ1) is 22.9. The molecule has 172 valence electrons. The molecule has 1 aliphatic rings. The fraction of sp³-hybridized carbons (Fsp3) is 0.227. The quantitative estimate of drug-likeness (QED) is 0.274. The van der Waals surface area contributed by atoms with Crippen LogP contribution in [0, 0.1) is 22.8 Å². The van der Waals surface area contributed by atoms with E-state index in [4.69, 9.17) is 21.5 Å². The average molecular weight is 522 g/mol. The van der Waals surface area contributed by atoms with Crippen molar-refractivity contribution in [3.8, 4) is 12.3 Å². The number of fused-ring (bicyclic) bond motifs is 2. The number of pyridine rings is 1. The van der Waals surface area contributed by atoms with Gasteiger partial charge in [0, 0.05) is 21.6 Å². The third-order valence-electron chi connectivity index (χ3n) is 5.06. The highest BCUT2D eigenvalue weighted by molar-refractivity contribution is 9.10. The minimum absolute atomic E-state index is 0.0370. The number of nitrogen functional groups attached to an aromatic ring is 2. The van der Waals surface area contributed by atoms with E-state index >= 15 is 0 Å². The molecular formula is C22H20BrN9O2. The summed E-state index contributed by atoms with van der Waals surface area (Å²) in [5, 5.41) is 24.7. The summed E-state index contributed by atoms with van der Waals surface area (Å²) in [6.07, 6.45) is 2.90. The largest absolute Gasteiger partial charge is 0.443 e. The molecule has 0 aliphatic carbocycles. The molecule has 0 spiro atoms. The summed E-state index contributed by atoms with van der Waals surface area (Å²) in [6.45, 7) is 5.36. The van der Waals surface area contributed by atoms with Gasteiger partial charge in [0.25, 0.3) is 0 Å². The number of rotatable bonds is 1. The van der Waals surface area contributed by atoms with Gasteiger partial charge in [-0.1, -0.05) is 12.1 Å². The maximum absolute atomic E-state index is 12.8. The molecule has 0 saturated heterocycles. The van der Waals surface area contributed by atoms with Crippen LogP contribution in [-0.2, 0) is 4.74 Å². The Labute approximate surface area is 203 Å². The monoisotopic (exact) mass is 521 g/mol. The van der Waals surface area contributed by atoms with E-state index in [0.29, 0.717) is 26.5 Å². The molecule has 1 atom stereocenters. The third kappa shape index (κ3) is 3.84. The number of ether oxygens (including phenoxy) is 1. The van der Waals surface area contributed by atoms with Crippen LogP contribution in [0.5, 0.6) is 0 Å². The Morgan fingerprint density at radius 1 is 1.32 bits per heavy atom. The Morgan fingerprint density at radius 3 is 2.71 bits per heavy atom. The van der Waals surface area contributed by atoms with Gasteiger partial charge in [-0.05, 0) is 48.3 Å². The van der Waals surface area contributed by atoms with Gasteiger partial charge in [0.1, 0.15) is 34.9 Å². The first-order valence-electron chi connectivity index (χ1n) is 10.1. The standard InChI is InChI=1S/C22H20BrN9O2/c1-22(2,3)34-21(33)32-8-12(23)14-10(5-4-6-13(14)32)17-15-16(26)11(7-24)18(27)30-19(15)31-20(29-17)28-9-25/h4-6,8,17H,1-3H3,(H6,26,27,28,29,30,31). The molecule has 34 heavy (non-hydrogen) atoms. The Balaban J connectivity index is 1.97. The van der Waals surface area contributed by atoms with Gasteiger partial charge < -0.3 is 21.5 Å². The van der Waals surface area contributed by atoms with Crippen LogP contribution in [0.25, 0.3) is 10.9 Å². The van der Waals surface area contributed by atoms with Gasteiger partial charge >= 0.3 is 6.09 Å². The lowest BCUT2D eigenvalue weighted by molar-refractivity contribution is 0.0544. The molecule has 1 aromatic carbocycles. The molecule has 3 aromatic rings. The second-order valence-corrected chi connectivity index (χ2v) is 9.32. The summed E-state index contributed by atoms with van der Waals surface area (Å²) in [5.74, 6) is 0.362. The van der Waals surface area contributed by atoms with Crippen molar-refractivity contribution in [2.75, 3.05) is 16.8 Å². The van der Waals surface area contributed by atoms with Gasteiger partial charge in [0.15, 0.2) is 6.19 Å². The number of guanidine groups is 1. The first-order chi connectivity index (χ1) is 16.1. The summed E-state index contributed by atoms with van der Waals surface area (Å²) in [4.78, 5) is 21.7. The molecule has 11 nitrogen and oxygen atoms in total. The van der Waals surface area contributed by atoms with Crippen LogP contribution in [0.15, 0.2) is 33.9 Å². The average Bonchev–Trinajstić information content (AvgIpc) is 3.09. The maximum atomic E-state index is 12.8. The predicted octanol–water partition coefficient (Wildman–Crippen LogP) is 3.56. The number of nitriles is 2. The zero-order valence-corrected chi connectivity index (χ0v) is 20.1. The number of aromatic nitrogens is 2. The SMILES string of the molecule is CC(C)(C)OC(=O)n1cc(Br)c2c(C3N=C(NC#N)Nc4nc(N)c(C#N)c(N)c43)cccc21. The highest BCUT2D eigenvalue weighted by Crippen LogP contribution is 2.44. The summed E-state index contributed by atoms with van der Waals surface area (Å²) < 4.78 is 7.56. The maximum Gasteiger partial charge on any atom is 0.419 e. The van der Waals surface area contributed by atoms with E-state index < -0.39 is 17.7 Å². The zero-order valence-electron chi connectivity index (χ0n) is 18.5. The molecule has 0 amide bonds. The van der Waals surface area contributed by atoms with Crippen LogP contribution >= 0.6 is 15.9 Å². The molecule has 3 heterocycles. The van der Waals surface area contributed by atoms with Crippen LogP contribution in [-0.4, -0.2) is 27.2 Å². The Morgan fingerprint density at radius 2 is 2.06 bits per heavy atom. The Kier molecular flexibility index (Phi) is 5.55. The smallest absolute Gasteiger partial charge is 0.419 e. The number of halogens is 1. The molecule has 1 unspecified atom stereocenters. The fourth-order valence-electron chi connectivity index (χ4n) is 3.76. The third-order valence-corrected chi connectivity index (χ3v) is 5.66. The van der Waals surface area contributed by atoms with Gasteiger partial charge in [-0.2, -0.15) is 10.5 Å². The van der Waals surface area contributed by atoms with Gasteiger partial charge in [-0.25, -0.2) is 14.8 Å². The van der Waals surface area contributed by atoms with Crippen LogP contribution in [0.4, 0.5) is 22.1 Å². The number of hydrogen-bond donors (Lipinski definition) is 4. The van der Waals surface area contributed by atoms with E-state index in [1.807, 2.05) is 18.3 Å². The number of nitrogens with two attached hydrogens (primary N) is 2. The van der Waals surface area contributed by atoms with Crippen molar-refractivity contribution in [1.29, 1.82) is 10.5 Å². The van der Waals surface area contributed by atoms with E-state index in [0.717, 1.165) is 0 Å². The number of anilines is 3. The Bertz CT molecular complexity index is 1450. The van der Waals surface area contributed by atoms with Gasteiger partial charge in [0.2, 0.25) is 5.96 Å². The number of nitrogens with one attached hydrogen (secondary N) is 2. The van der Waals surface area contributed by atoms with E-state index in [9.17, 15) is 10.1 Å². The molecular weight excluding hydrogens is 502 g/mol. The second-order valence-electron chi connectivity index (χ2n) is 8.47.